The molecule has 7 aromatic carbocycles. The van der Waals surface area contributed by atoms with E-state index in [1.165, 1.54) is 10.8 Å². The van der Waals surface area contributed by atoms with Crippen LogP contribution in [-0.2, 0) is 0 Å². The Kier molecular flexibility index (Phi) is 5.20. The molecule has 0 atom stereocenters. The maximum atomic E-state index is 6.70. The number of hydrogen-bond donors (Lipinski definition) is 0. The summed E-state index contributed by atoms with van der Waals surface area (Å²) < 4.78 is 12.8. The lowest BCUT2D eigenvalue weighted by Crippen LogP contribution is -2.09. The summed E-state index contributed by atoms with van der Waals surface area (Å²) in [7, 11) is 0. The van der Waals surface area contributed by atoms with E-state index < -0.39 is 0 Å². The first kappa shape index (κ1) is 23.9. The van der Waals surface area contributed by atoms with Gasteiger partial charge in [0.1, 0.15) is 22.3 Å². The fraction of sp³-hybridized carbons (Fsp3) is 0. The second kappa shape index (κ2) is 9.37. The average molecular weight is 552 g/mol. The Balaban J connectivity index is 1.19. The summed E-state index contributed by atoms with van der Waals surface area (Å²) in [6.07, 6.45) is 0. The molecule has 0 radical (unpaired) electrons. The molecule has 2 heterocycles. The van der Waals surface area contributed by atoms with Crippen LogP contribution in [0.15, 0.2) is 160 Å². The van der Waals surface area contributed by atoms with Crippen LogP contribution in [-0.4, -0.2) is 0 Å². The molecular formula is C40H25NO2. The highest BCUT2D eigenvalue weighted by atomic mass is 16.3. The van der Waals surface area contributed by atoms with Crippen molar-refractivity contribution < 1.29 is 8.83 Å². The molecule has 202 valence electrons. The molecule has 9 aromatic rings. The molecule has 3 nitrogen and oxygen atoms in total. The van der Waals surface area contributed by atoms with Crippen molar-refractivity contribution in [3.05, 3.63) is 152 Å². The lowest BCUT2D eigenvalue weighted by Gasteiger charge is -2.26. The molecule has 0 saturated carbocycles. The van der Waals surface area contributed by atoms with Gasteiger partial charge in [-0.05, 0) is 70.9 Å². The predicted molar refractivity (Wildman–Crippen MR) is 179 cm³/mol. The van der Waals surface area contributed by atoms with E-state index >= 15 is 0 Å². The van der Waals surface area contributed by atoms with Crippen molar-refractivity contribution in [1.82, 2.24) is 0 Å². The van der Waals surface area contributed by atoms with Crippen LogP contribution in [0, 0.1) is 0 Å². The highest BCUT2D eigenvalue weighted by Crippen LogP contribution is 2.43. The quantitative estimate of drug-likeness (QED) is 0.218. The molecule has 0 aliphatic carbocycles. The second-order valence-electron chi connectivity index (χ2n) is 10.9. The number of furan rings is 2. The molecule has 0 amide bonds. The van der Waals surface area contributed by atoms with E-state index in [9.17, 15) is 0 Å². The minimum Gasteiger partial charge on any atom is -0.456 e. The van der Waals surface area contributed by atoms with Crippen molar-refractivity contribution >= 4 is 71.7 Å². The van der Waals surface area contributed by atoms with E-state index in [2.05, 4.69) is 138 Å². The van der Waals surface area contributed by atoms with Crippen molar-refractivity contribution in [1.29, 1.82) is 0 Å². The number of fused-ring (bicyclic) bond motifs is 8. The Hall–Kier alpha value is -5.80. The van der Waals surface area contributed by atoms with Crippen molar-refractivity contribution in [3.63, 3.8) is 0 Å². The Bertz CT molecular complexity index is 2450. The summed E-state index contributed by atoms with van der Waals surface area (Å²) >= 11 is 0. The summed E-state index contributed by atoms with van der Waals surface area (Å²) in [5.74, 6) is 0. The summed E-state index contributed by atoms with van der Waals surface area (Å²) in [6.45, 7) is 0. The van der Waals surface area contributed by atoms with Gasteiger partial charge in [0.15, 0.2) is 0 Å². The van der Waals surface area contributed by atoms with Crippen LogP contribution in [0.1, 0.15) is 0 Å². The third-order valence-corrected chi connectivity index (χ3v) is 8.45. The molecule has 43 heavy (non-hydrogen) atoms. The summed E-state index contributed by atoms with van der Waals surface area (Å²) in [5, 5.41) is 6.75. The molecule has 2 aromatic heterocycles. The lowest BCUT2D eigenvalue weighted by atomic mass is 10.0. The minimum absolute atomic E-state index is 0.841. The van der Waals surface area contributed by atoms with E-state index in [0.29, 0.717) is 0 Å². The molecule has 0 bridgehead atoms. The van der Waals surface area contributed by atoms with Gasteiger partial charge < -0.3 is 13.7 Å². The van der Waals surface area contributed by atoms with Gasteiger partial charge in [-0.15, -0.1) is 0 Å². The molecule has 0 aliphatic heterocycles. The molecule has 0 aliphatic rings. The van der Waals surface area contributed by atoms with Gasteiger partial charge in [-0.1, -0.05) is 97.1 Å². The van der Waals surface area contributed by atoms with E-state index in [-0.39, 0.29) is 0 Å². The lowest BCUT2D eigenvalue weighted by molar-refractivity contribution is 0.663. The SMILES string of the molecule is c1ccc(N(c2ccc(-c3cccc4c3oc3c4ccc4oc5ccccc5c43)cc2)c2ccc3ccccc3c2)cc1. The van der Waals surface area contributed by atoms with Crippen LogP contribution < -0.4 is 4.90 Å². The summed E-state index contributed by atoms with van der Waals surface area (Å²) in [5.41, 5.74) is 8.96. The predicted octanol–water partition coefficient (Wildman–Crippen LogP) is 11.8. The fourth-order valence-corrected chi connectivity index (χ4v) is 6.42. The molecule has 0 unspecified atom stereocenters. The minimum atomic E-state index is 0.841. The van der Waals surface area contributed by atoms with Gasteiger partial charge in [0.25, 0.3) is 0 Å². The van der Waals surface area contributed by atoms with E-state index in [1.807, 2.05) is 18.2 Å². The largest absolute Gasteiger partial charge is 0.456 e. The van der Waals surface area contributed by atoms with Crippen LogP contribution >= 0.6 is 0 Å². The molecule has 0 spiro atoms. The number of rotatable bonds is 4. The van der Waals surface area contributed by atoms with Crippen molar-refractivity contribution in [2.24, 2.45) is 0 Å². The van der Waals surface area contributed by atoms with Gasteiger partial charge in [0.2, 0.25) is 0 Å². The zero-order chi connectivity index (χ0) is 28.3. The smallest absolute Gasteiger partial charge is 0.147 e. The number of anilines is 3. The first-order valence-electron chi connectivity index (χ1n) is 14.5. The first-order valence-corrected chi connectivity index (χ1v) is 14.5. The maximum Gasteiger partial charge on any atom is 0.147 e. The van der Waals surface area contributed by atoms with Gasteiger partial charge in [-0.3, -0.25) is 0 Å². The second-order valence-corrected chi connectivity index (χ2v) is 10.9. The van der Waals surface area contributed by atoms with E-state index in [4.69, 9.17) is 8.83 Å². The van der Waals surface area contributed by atoms with Crippen molar-refractivity contribution in [2.75, 3.05) is 4.90 Å². The van der Waals surface area contributed by atoms with Crippen LogP contribution in [0.2, 0.25) is 0 Å². The topological polar surface area (TPSA) is 29.5 Å². The normalized spacial score (nSPS) is 11.7. The Morgan fingerprint density at radius 3 is 1.98 bits per heavy atom. The molecular weight excluding hydrogens is 526 g/mol. The van der Waals surface area contributed by atoms with Gasteiger partial charge >= 0.3 is 0 Å². The van der Waals surface area contributed by atoms with Crippen LogP contribution in [0.25, 0.3) is 65.8 Å². The Morgan fingerprint density at radius 2 is 1.09 bits per heavy atom. The van der Waals surface area contributed by atoms with E-state index in [0.717, 1.165) is 72.1 Å². The molecule has 0 saturated heterocycles. The highest BCUT2D eigenvalue weighted by molar-refractivity contribution is 6.23. The van der Waals surface area contributed by atoms with Crippen molar-refractivity contribution in [2.45, 2.75) is 0 Å². The number of benzene rings is 7. The average Bonchev–Trinajstić information content (AvgIpc) is 3.64. The fourth-order valence-electron chi connectivity index (χ4n) is 6.42. The third-order valence-electron chi connectivity index (χ3n) is 8.45. The number of nitrogens with zero attached hydrogens (tertiary/aromatic N) is 1. The zero-order valence-corrected chi connectivity index (χ0v) is 23.2. The van der Waals surface area contributed by atoms with Crippen molar-refractivity contribution in [3.8, 4) is 11.1 Å². The highest BCUT2D eigenvalue weighted by Gasteiger charge is 2.19. The number of para-hydroxylation sites is 3. The van der Waals surface area contributed by atoms with Gasteiger partial charge in [-0.2, -0.15) is 0 Å². The van der Waals surface area contributed by atoms with Gasteiger partial charge in [-0.25, -0.2) is 0 Å². The van der Waals surface area contributed by atoms with Crippen LogP contribution in [0.4, 0.5) is 17.1 Å². The first-order chi connectivity index (χ1) is 21.3. The maximum absolute atomic E-state index is 6.70. The Labute approximate surface area is 247 Å². The molecule has 0 N–H and O–H groups in total. The van der Waals surface area contributed by atoms with Crippen LogP contribution in [0.3, 0.4) is 0 Å². The summed E-state index contributed by atoms with van der Waals surface area (Å²) in [6, 6.07) is 53.1. The third kappa shape index (κ3) is 3.75. The Morgan fingerprint density at radius 1 is 0.395 bits per heavy atom. The molecule has 9 rings (SSSR count). The molecule has 3 heteroatoms. The zero-order valence-electron chi connectivity index (χ0n) is 23.2. The molecule has 0 fully saturated rings. The van der Waals surface area contributed by atoms with Gasteiger partial charge in [0.05, 0.1) is 5.39 Å². The summed E-state index contributed by atoms with van der Waals surface area (Å²) in [4.78, 5) is 2.30. The number of hydrogen-bond acceptors (Lipinski definition) is 3. The standard InChI is InChI=1S/C40H25NO2/c1-2-11-29(12-3-1)41(31-22-17-26-9-4-5-10-28(26)25-31)30-20-18-27(19-21-30)32-14-8-15-33-34-23-24-37-38(40(34)43-39(32)33)35-13-6-7-16-36(35)42-37/h1-25H. The monoisotopic (exact) mass is 551 g/mol. The van der Waals surface area contributed by atoms with Crippen LogP contribution in [0.5, 0.6) is 0 Å². The van der Waals surface area contributed by atoms with Gasteiger partial charge in [0, 0.05) is 38.8 Å². The van der Waals surface area contributed by atoms with E-state index in [1.54, 1.807) is 0 Å².